The van der Waals surface area contributed by atoms with Crippen LogP contribution in [0.5, 0.6) is 0 Å². The minimum absolute atomic E-state index is 0.0227. The highest BCUT2D eigenvalue weighted by atomic mass is 16.6. The van der Waals surface area contributed by atoms with Crippen LogP contribution in [0, 0.1) is 12.8 Å². The highest BCUT2D eigenvalue weighted by Crippen LogP contribution is 2.28. The van der Waals surface area contributed by atoms with Crippen LogP contribution in [0.3, 0.4) is 0 Å². The molecule has 56 heavy (non-hydrogen) atoms. The molecule has 5 heterocycles. The van der Waals surface area contributed by atoms with Crippen molar-refractivity contribution in [2.75, 3.05) is 78.4 Å². The molecular formula is C41H55N7O8. The number of likely N-dealkylation sites (N-methyl/N-ethyl adjacent to an activating group) is 1. The van der Waals surface area contributed by atoms with Crippen molar-refractivity contribution < 1.29 is 33.1 Å². The van der Waals surface area contributed by atoms with E-state index < -0.39 is 18.0 Å². The number of fused-ring (bicyclic) bond motifs is 2. The summed E-state index contributed by atoms with van der Waals surface area (Å²) in [5, 5.41) is 3.04. The summed E-state index contributed by atoms with van der Waals surface area (Å²) in [6.07, 6.45) is 3.53. The molecule has 4 aliphatic heterocycles. The van der Waals surface area contributed by atoms with E-state index in [1.807, 2.05) is 61.2 Å². The molecule has 0 spiro atoms. The second-order valence-corrected chi connectivity index (χ2v) is 16.0. The number of piperidine rings is 3. The maximum Gasteiger partial charge on any atom is 0.417 e. The summed E-state index contributed by atoms with van der Waals surface area (Å²) in [5.41, 5.74) is 4.42. The van der Waals surface area contributed by atoms with Crippen LogP contribution in [0.2, 0.25) is 0 Å². The summed E-state index contributed by atoms with van der Waals surface area (Å²) in [7, 11) is 3.91. The van der Waals surface area contributed by atoms with Gasteiger partial charge in [0.15, 0.2) is 11.7 Å². The number of aryl methyl sites for hydroxylation is 1. The number of likely N-dealkylation sites (tertiary alicyclic amines) is 3. The summed E-state index contributed by atoms with van der Waals surface area (Å²) in [4.78, 5) is 78.2. The maximum absolute atomic E-state index is 14.3. The summed E-state index contributed by atoms with van der Waals surface area (Å²) in [6.45, 7) is 7.05. The molecule has 3 aromatic rings. The fraction of sp³-hybridized carbons (Fsp3) is 0.585. The molecule has 4 amide bonds. The molecule has 0 saturated carbocycles. The standard InChI is InChI=1S/C41H55N7O8/c1-27-24-28(25-34-36(27)43-40(52)55-34)26-35(37(49)46-17-11-31(12-18-46)45-15-8-30(9-16-45)38(50)54-23-22-44(2)3)56-41(53)47-19-13-32(14-20-47)48-21-10-29-6-4-5-7-33(29)42-39(48)51/h4-7,24-25,30-32,35H,8-23,26H2,1-3H3,(H,42,51)(H,43,52)/t35-/m1/s1. The number of amides is 4. The molecule has 0 unspecified atom stereocenters. The van der Waals surface area contributed by atoms with Crippen molar-refractivity contribution in [3.05, 3.63) is 63.6 Å². The van der Waals surface area contributed by atoms with Crippen LogP contribution < -0.4 is 11.1 Å². The fourth-order valence-corrected chi connectivity index (χ4v) is 8.70. The molecule has 302 valence electrons. The van der Waals surface area contributed by atoms with Gasteiger partial charge in [0.25, 0.3) is 5.91 Å². The third kappa shape index (κ3) is 9.21. The number of esters is 1. The van der Waals surface area contributed by atoms with Crippen molar-refractivity contribution in [3.63, 3.8) is 0 Å². The van der Waals surface area contributed by atoms with E-state index in [4.69, 9.17) is 13.9 Å². The number of nitrogens with one attached hydrogen (secondary N) is 2. The zero-order valence-electron chi connectivity index (χ0n) is 32.8. The summed E-state index contributed by atoms with van der Waals surface area (Å²) < 4.78 is 16.9. The van der Waals surface area contributed by atoms with E-state index in [2.05, 4.69) is 15.2 Å². The first-order valence-corrected chi connectivity index (χ1v) is 20.1. The Hall–Kier alpha value is -4.89. The molecule has 7 rings (SSSR count). The Kier molecular flexibility index (Phi) is 12.3. The van der Waals surface area contributed by atoms with Crippen LogP contribution in [0.1, 0.15) is 55.2 Å². The molecular weight excluding hydrogens is 718 g/mol. The lowest BCUT2D eigenvalue weighted by molar-refractivity contribution is -0.151. The zero-order chi connectivity index (χ0) is 39.3. The summed E-state index contributed by atoms with van der Waals surface area (Å²) in [6, 6.07) is 11.6. The number of benzene rings is 2. The molecule has 4 aliphatic rings. The minimum atomic E-state index is -1.08. The van der Waals surface area contributed by atoms with Crippen molar-refractivity contribution in [1.29, 1.82) is 0 Å². The number of rotatable bonds is 10. The lowest BCUT2D eigenvalue weighted by atomic mass is 9.93. The predicted octanol–water partition coefficient (Wildman–Crippen LogP) is 3.84. The Balaban J connectivity index is 0.960. The van der Waals surface area contributed by atoms with E-state index in [-0.39, 0.29) is 36.3 Å². The molecule has 15 nitrogen and oxygen atoms in total. The second kappa shape index (κ2) is 17.5. The van der Waals surface area contributed by atoms with Crippen molar-refractivity contribution in [3.8, 4) is 0 Å². The van der Waals surface area contributed by atoms with E-state index in [1.54, 1.807) is 15.9 Å². The van der Waals surface area contributed by atoms with Gasteiger partial charge >= 0.3 is 23.8 Å². The van der Waals surface area contributed by atoms with Gasteiger partial charge in [0.05, 0.1) is 11.4 Å². The average Bonchev–Trinajstić information content (AvgIpc) is 3.49. The first kappa shape index (κ1) is 39.3. The largest absolute Gasteiger partial charge is 0.464 e. The normalized spacial score (nSPS) is 19.8. The molecule has 0 bridgehead atoms. The SMILES string of the molecule is Cc1cc(C[C@@H](OC(=O)N2CCC(N3CCc4ccccc4NC3=O)CC2)C(=O)N2CCC(N3CCC(C(=O)OCCN(C)C)CC3)CC2)cc2oc(=O)[nH]c12. The van der Waals surface area contributed by atoms with Gasteiger partial charge in [0.2, 0.25) is 0 Å². The number of carbonyl (C=O) groups is 4. The molecule has 0 aliphatic carbocycles. The number of hydrogen-bond acceptors (Lipinski definition) is 10. The summed E-state index contributed by atoms with van der Waals surface area (Å²) >= 11 is 0. The van der Waals surface area contributed by atoms with E-state index in [0.717, 1.165) is 62.0 Å². The number of carbonyl (C=O) groups excluding carboxylic acids is 4. The minimum Gasteiger partial charge on any atom is -0.464 e. The van der Waals surface area contributed by atoms with Crippen LogP contribution in [0.15, 0.2) is 45.6 Å². The lowest BCUT2D eigenvalue weighted by Gasteiger charge is -2.42. The number of para-hydroxylation sites is 1. The smallest absolute Gasteiger partial charge is 0.417 e. The van der Waals surface area contributed by atoms with Crippen molar-refractivity contribution in [2.45, 2.75) is 76.5 Å². The predicted molar refractivity (Wildman–Crippen MR) is 209 cm³/mol. The van der Waals surface area contributed by atoms with E-state index in [1.165, 1.54) is 0 Å². The quantitative estimate of drug-likeness (QED) is 0.290. The molecule has 1 aromatic heterocycles. The third-order valence-electron chi connectivity index (χ3n) is 12.0. The van der Waals surface area contributed by atoms with Crippen molar-refractivity contribution in [1.82, 2.24) is 29.5 Å². The number of aromatic amines is 1. The van der Waals surface area contributed by atoms with Crippen molar-refractivity contribution in [2.24, 2.45) is 5.92 Å². The van der Waals surface area contributed by atoms with Gasteiger partial charge < -0.3 is 43.7 Å². The van der Waals surface area contributed by atoms with Gasteiger partial charge in [-0.25, -0.2) is 14.4 Å². The lowest BCUT2D eigenvalue weighted by Crippen LogP contribution is -2.53. The van der Waals surface area contributed by atoms with Crippen LogP contribution in [0.25, 0.3) is 11.1 Å². The number of hydrogen-bond donors (Lipinski definition) is 2. The topological polar surface area (TPSA) is 161 Å². The third-order valence-corrected chi connectivity index (χ3v) is 12.0. The molecule has 2 aromatic carbocycles. The van der Waals surface area contributed by atoms with E-state index in [9.17, 15) is 24.0 Å². The Morgan fingerprint density at radius 2 is 1.59 bits per heavy atom. The number of aromatic nitrogens is 1. The molecule has 0 radical (unpaired) electrons. The van der Waals surface area contributed by atoms with Gasteiger partial charge in [-0.2, -0.15) is 0 Å². The second-order valence-electron chi connectivity index (χ2n) is 16.0. The van der Waals surface area contributed by atoms with Crippen LogP contribution in [0.4, 0.5) is 15.3 Å². The number of urea groups is 1. The van der Waals surface area contributed by atoms with Crippen LogP contribution in [-0.4, -0.2) is 145 Å². The van der Waals surface area contributed by atoms with Gasteiger partial charge in [-0.15, -0.1) is 0 Å². The van der Waals surface area contributed by atoms with Gasteiger partial charge in [0.1, 0.15) is 6.61 Å². The highest BCUT2D eigenvalue weighted by molar-refractivity contribution is 5.91. The number of ether oxygens (including phenoxy) is 2. The number of nitrogens with zero attached hydrogens (tertiary/aromatic N) is 5. The monoisotopic (exact) mass is 773 g/mol. The maximum atomic E-state index is 14.3. The highest BCUT2D eigenvalue weighted by Gasteiger charge is 2.37. The van der Waals surface area contributed by atoms with Crippen LogP contribution >= 0.6 is 0 Å². The summed E-state index contributed by atoms with van der Waals surface area (Å²) in [5.74, 6) is -0.997. The van der Waals surface area contributed by atoms with Gasteiger partial charge in [-0.05, 0) is 108 Å². The Labute approximate surface area is 327 Å². The van der Waals surface area contributed by atoms with Gasteiger partial charge in [0, 0.05) is 63.5 Å². The number of H-pyrrole nitrogens is 1. The first-order valence-electron chi connectivity index (χ1n) is 20.1. The molecule has 2 N–H and O–H groups in total. The molecule has 15 heteroatoms. The average molecular weight is 774 g/mol. The number of oxazole rings is 1. The molecule has 3 saturated heterocycles. The Bertz CT molecular complexity index is 1940. The van der Waals surface area contributed by atoms with E-state index >= 15 is 0 Å². The first-order chi connectivity index (χ1) is 27.0. The van der Waals surface area contributed by atoms with Gasteiger partial charge in [-0.3, -0.25) is 14.6 Å². The van der Waals surface area contributed by atoms with Crippen LogP contribution in [-0.2, 0) is 31.9 Å². The van der Waals surface area contributed by atoms with Gasteiger partial charge in [-0.1, -0.05) is 24.3 Å². The molecule has 1 atom stereocenters. The molecule has 3 fully saturated rings. The van der Waals surface area contributed by atoms with E-state index in [0.29, 0.717) is 81.4 Å². The zero-order valence-corrected chi connectivity index (χ0v) is 32.8. The van der Waals surface area contributed by atoms with Crippen molar-refractivity contribution >= 4 is 40.8 Å². The Morgan fingerprint density at radius 1 is 0.893 bits per heavy atom. The fourth-order valence-electron chi connectivity index (χ4n) is 8.70. The number of anilines is 1. The Morgan fingerprint density at radius 3 is 2.32 bits per heavy atom.